The van der Waals surface area contributed by atoms with Crippen molar-refractivity contribution in [2.75, 3.05) is 26.6 Å². The summed E-state index contributed by atoms with van der Waals surface area (Å²) in [6, 6.07) is 8.10. The minimum Gasteiger partial charge on any atom is -0.454 e. The van der Waals surface area contributed by atoms with Crippen LogP contribution in [-0.4, -0.2) is 42.2 Å². The largest absolute Gasteiger partial charge is 0.454 e. The van der Waals surface area contributed by atoms with Gasteiger partial charge in [-0.15, -0.1) is 0 Å². The van der Waals surface area contributed by atoms with Crippen LogP contribution in [0.25, 0.3) is 0 Å². The third kappa shape index (κ3) is 3.91. The average molecular weight is 426 g/mol. The van der Waals surface area contributed by atoms with Crippen LogP contribution < -0.4 is 14.8 Å². The lowest BCUT2D eigenvalue weighted by Crippen LogP contribution is -2.45. The highest BCUT2D eigenvalue weighted by atomic mass is 16.7. The Morgan fingerprint density at radius 3 is 2.61 bits per heavy atom. The minimum atomic E-state index is -0.256. The Kier molecular flexibility index (Phi) is 4.96. The number of ether oxygens (including phenoxy) is 3. The highest BCUT2D eigenvalue weighted by Crippen LogP contribution is 2.41. The zero-order chi connectivity index (χ0) is 21.6. The van der Waals surface area contributed by atoms with Crippen molar-refractivity contribution < 1.29 is 19.0 Å². The quantitative estimate of drug-likeness (QED) is 0.790. The highest BCUT2D eigenvalue weighted by Gasteiger charge is 2.37. The molecular formula is C24H31N3O4. The first kappa shape index (κ1) is 20.4. The van der Waals surface area contributed by atoms with E-state index in [4.69, 9.17) is 19.3 Å². The van der Waals surface area contributed by atoms with Crippen molar-refractivity contribution >= 4 is 5.91 Å². The molecule has 7 nitrogen and oxygen atoms in total. The molecule has 3 aliphatic rings. The van der Waals surface area contributed by atoms with Crippen LogP contribution in [0.1, 0.15) is 74.1 Å². The molecule has 3 heterocycles. The van der Waals surface area contributed by atoms with Gasteiger partial charge in [0.2, 0.25) is 6.79 Å². The summed E-state index contributed by atoms with van der Waals surface area (Å²) in [5, 5.41) is 8.01. The summed E-state index contributed by atoms with van der Waals surface area (Å²) in [6.07, 6.45) is 4.02. The van der Waals surface area contributed by atoms with Crippen molar-refractivity contribution in [2.24, 2.45) is 0 Å². The Labute approximate surface area is 183 Å². The number of hydrogen-bond acceptors (Lipinski definition) is 5. The number of hydrogen-bond donors (Lipinski definition) is 1. The maximum absolute atomic E-state index is 13.3. The second-order valence-corrected chi connectivity index (χ2v) is 9.95. The molecule has 0 bridgehead atoms. The molecule has 2 fully saturated rings. The summed E-state index contributed by atoms with van der Waals surface area (Å²) in [7, 11) is 0. The van der Waals surface area contributed by atoms with Gasteiger partial charge in [0.05, 0.1) is 11.2 Å². The van der Waals surface area contributed by atoms with E-state index in [2.05, 4.69) is 38.2 Å². The molecule has 2 aliphatic heterocycles. The standard InChI is InChI=1S/C24H31N3O4/c1-23(2,3)27-19(13-18(26-27)16-4-5-16)22(28)25-14-24(8-10-29-11-9-24)17-6-7-20-21(12-17)31-15-30-20/h6-7,12-13,16H,4-5,8-11,14-15H2,1-3H3,(H,25,28). The first-order valence-electron chi connectivity index (χ1n) is 11.2. The fraction of sp³-hybridized carbons (Fsp3) is 0.583. The summed E-state index contributed by atoms with van der Waals surface area (Å²) in [5.41, 5.74) is 2.39. The minimum absolute atomic E-state index is 0.0686. The Morgan fingerprint density at radius 1 is 1.16 bits per heavy atom. The van der Waals surface area contributed by atoms with E-state index in [-0.39, 0.29) is 23.7 Å². The molecule has 0 spiro atoms. The third-order valence-corrected chi connectivity index (χ3v) is 6.61. The van der Waals surface area contributed by atoms with Gasteiger partial charge in [-0.05, 0) is 70.2 Å². The number of aromatic nitrogens is 2. The molecule has 1 aromatic carbocycles. The molecule has 0 atom stereocenters. The predicted molar refractivity (Wildman–Crippen MR) is 116 cm³/mol. The zero-order valence-electron chi connectivity index (χ0n) is 18.6. The number of nitrogens with one attached hydrogen (secondary N) is 1. The summed E-state index contributed by atoms with van der Waals surface area (Å²) in [4.78, 5) is 13.3. The van der Waals surface area contributed by atoms with E-state index in [1.807, 2.05) is 16.8 Å². The smallest absolute Gasteiger partial charge is 0.269 e. The molecular weight excluding hydrogens is 394 g/mol. The lowest BCUT2D eigenvalue weighted by molar-refractivity contribution is 0.0485. The van der Waals surface area contributed by atoms with Crippen molar-refractivity contribution in [3.05, 3.63) is 41.2 Å². The average Bonchev–Trinajstić information content (AvgIpc) is 3.32. The van der Waals surface area contributed by atoms with Crippen molar-refractivity contribution in [1.29, 1.82) is 0 Å². The molecule has 0 radical (unpaired) electrons. The van der Waals surface area contributed by atoms with Crippen LogP contribution in [0.5, 0.6) is 11.5 Å². The van der Waals surface area contributed by atoms with Crippen molar-refractivity contribution in [3.63, 3.8) is 0 Å². The van der Waals surface area contributed by atoms with Gasteiger partial charge >= 0.3 is 0 Å². The SMILES string of the molecule is CC(C)(C)n1nc(C2CC2)cc1C(=O)NCC1(c2ccc3c(c2)OCO3)CCOCC1. The molecule has 1 saturated heterocycles. The van der Waals surface area contributed by atoms with E-state index in [0.717, 1.165) is 48.4 Å². The molecule has 1 amide bonds. The van der Waals surface area contributed by atoms with Crippen LogP contribution in [0.15, 0.2) is 24.3 Å². The molecule has 5 rings (SSSR count). The predicted octanol–water partition coefficient (Wildman–Crippen LogP) is 3.72. The van der Waals surface area contributed by atoms with Gasteiger partial charge in [-0.25, -0.2) is 0 Å². The van der Waals surface area contributed by atoms with Gasteiger partial charge in [0.15, 0.2) is 11.5 Å². The number of rotatable bonds is 5. The van der Waals surface area contributed by atoms with E-state index in [9.17, 15) is 4.79 Å². The maximum Gasteiger partial charge on any atom is 0.269 e. The van der Waals surface area contributed by atoms with Gasteiger partial charge < -0.3 is 19.5 Å². The molecule has 1 aromatic heterocycles. The van der Waals surface area contributed by atoms with Crippen LogP contribution in [-0.2, 0) is 15.7 Å². The Hall–Kier alpha value is -2.54. The van der Waals surface area contributed by atoms with Gasteiger partial charge in [0.1, 0.15) is 5.69 Å². The Morgan fingerprint density at radius 2 is 1.90 bits per heavy atom. The number of amides is 1. The molecule has 1 N–H and O–H groups in total. The van der Waals surface area contributed by atoms with Crippen LogP contribution in [0.3, 0.4) is 0 Å². The summed E-state index contributed by atoms with van der Waals surface area (Å²) in [6.45, 7) is 8.40. The van der Waals surface area contributed by atoms with E-state index in [1.165, 1.54) is 0 Å². The van der Waals surface area contributed by atoms with Gasteiger partial charge in [-0.2, -0.15) is 5.10 Å². The maximum atomic E-state index is 13.3. The second kappa shape index (κ2) is 7.55. The van der Waals surface area contributed by atoms with E-state index in [1.54, 1.807) is 0 Å². The number of benzene rings is 1. The van der Waals surface area contributed by atoms with Gasteiger partial charge in [0.25, 0.3) is 5.91 Å². The van der Waals surface area contributed by atoms with Crippen molar-refractivity contribution in [2.45, 2.75) is 63.3 Å². The lowest BCUT2D eigenvalue weighted by atomic mass is 9.74. The number of carbonyl (C=O) groups excluding carboxylic acids is 1. The summed E-state index contributed by atoms with van der Waals surface area (Å²) >= 11 is 0. The topological polar surface area (TPSA) is 74.6 Å². The fourth-order valence-corrected chi connectivity index (χ4v) is 4.55. The van der Waals surface area contributed by atoms with Crippen LogP contribution >= 0.6 is 0 Å². The Balaban J connectivity index is 1.39. The van der Waals surface area contributed by atoms with Crippen LogP contribution in [0.4, 0.5) is 0 Å². The summed E-state index contributed by atoms with van der Waals surface area (Å²) in [5.74, 6) is 1.98. The number of nitrogens with zero attached hydrogens (tertiary/aromatic N) is 2. The molecule has 2 aromatic rings. The van der Waals surface area contributed by atoms with Gasteiger partial charge in [-0.1, -0.05) is 6.07 Å². The molecule has 1 aliphatic carbocycles. The molecule has 1 saturated carbocycles. The number of carbonyl (C=O) groups is 1. The van der Waals surface area contributed by atoms with Crippen LogP contribution in [0.2, 0.25) is 0 Å². The molecule has 31 heavy (non-hydrogen) atoms. The first-order valence-corrected chi connectivity index (χ1v) is 11.2. The van der Waals surface area contributed by atoms with Gasteiger partial charge in [0, 0.05) is 31.1 Å². The summed E-state index contributed by atoms with van der Waals surface area (Å²) < 4.78 is 18.6. The first-order chi connectivity index (χ1) is 14.9. The van der Waals surface area contributed by atoms with Crippen molar-refractivity contribution in [3.8, 4) is 11.5 Å². The van der Waals surface area contributed by atoms with E-state index >= 15 is 0 Å². The van der Waals surface area contributed by atoms with Gasteiger partial charge in [-0.3, -0.25) is 9.48 Å². The molecule has 7 heteroatoms. The van der Waals surface area contributed by atoms with Crippen molar-refractivity contribution in [1.82, 2.24) is 15.1 Å². The zero-order valence-corrected chi connectivity index (χ0v) is 18.6. The van der Waals surface area contributed by atoms with E-state index < -0.39 is 0 Å². The molecule has 166 valence electrons. The highest BCUT2D eigenvalue weighted by molar-refractivity contribution is 5.93. The lowest BCUT2D eigenvalue weighted by Gasteiger charge is -2.38. The fourth-order valence-electron chi connectivity index (χ4n) is 4.55. The monoisotopic (exact) mass is 425 g/mol. The third-order valence-electron chi connectivity index (χ3n) is 6.61. The van der Waals surface area contributed by atoms with E-state index in [0.29, 0.717) is 31.4 Å². The second-order valence-electron chi connectivity index (χ2n) is 9.95. The normalized spacial score (nSPS) is 20.0. The number of fused-ring (bicyclic) bond motifs is 1. The Bertz CT molecular complexity index is 981. The molecule has 0 unspecified atom stereocenters. The van der Waals surface area contributed by atoms with Crippen LogP contribution in [0, 0.1) is 0 Å².